The van der Waals surface area contributed by atoms with Crippen molar-refractivity contribution in [2.75, 3.05) is 5.32 Å². The van der Waals surface area contributed by atoms with Gasteiger partial charge in [0.05, 0.1) is 11.1 Å². The number of hydrogen-bond acceptors (Lipinski definition) is 4. The van der Waals surface area contributed by atoms with Crippen LogP contribution in [0.25, 0.3) is 0 Å². The standard InChI is InChI=1S/C24H19I2N3O3/c1-2-6-14-7-5-9-17(21(14)30)22-27-20-12-11-15(25)13-18(20)24(32)29(22)28-23(31)16-8-3-4-10-19(16)26/h2-5,7-13,22,27,30H,1,6H2,(H,28,31)/t22-/m0/s1. The number of benzene rings is 3. The minimum absolute atomic E-state index is 0.0557. The van der Waals surface area contributed by atoms with Gasteiger partial charge in [-0.15, -0.1) is 6.58 Å². The number of allylic oxidation sites excluding steroid dienone is 1. The summed E-state index contributed by atoms with van der Waals surface area (Å²) in [4.78, 5) is 26.6. The van der Waals surface area contributed by atoms with E-state index < -0.39 is 12.1 Å². The quantitative estimate of drug-likeness (QED) is 0.261. The van der Waals surface area contributed by atoms with Crippen LogP contribution in [0.1, 0.15) is 38.0 Å². The van der Waals surface area contributed by atoms with E-state index in [0.717, 1.165) is 7.14 Å². The van der Waals surface area contributed by atoms with E-state index in [9.17, 15) is 14.7 Å². The Labute approximate surface area is 213 Å². The molecule has 0 bridgehead atoms. The van der Waals surface area contributed by atoms with Gasteiger partial charge >= 0.3 is 0 Å². The Bertz CT molecular complexity index is 1230. The molecule has 3 aromatic rings. The van der Waals surface area contributed by atoms with E-state index in [1.54, 1.807) is 36.4 Å². The lowest BCUT2D eigenvalue weighted by molar-refractivity contribution is 0.0488. The zero-order valence-electron chi connectivity index (χ0n) is 16.8. The summed E-state index contributed by atoms with van der Waals surface area (Å²) in [5.74, 6) is -0.721. The second-order valence-electron chi connectivity index (χ2n) is 7.18. The molecule has 162 valence electrons. The fraction of sp³-hybridized carbons (Fsp3) is 0.0833. The van der Waals surface area contributed by atoms with Gasteiger partial charge in [0, 0.05) is 18.4 Å². The van der Waals surface area contributed by atoms with Crippen molar-refractivity contribution in [2.24, 2.45) is 0 Å². The second kappa shape index (κ2) is 9.49. The van der Waals surface area contributed by atoms with Gasteiger partial charge in [-0.1, -0.05) is 36.4 Å². The van der Waals surface area contributed by atoms with Gasteiger partial charge in [0.1, 0.15) is 5.75 Å². The van der Waals surface area contributed by atoms with Crippen molar-refractivity contribution in [3.63, 3.8) is 0 Å². The van der Waals surface area contributed by atoms with Gasteiger partial charge in [-0.25, -0.2) is 5.01 Å². The number of rotatable bonds is 5. The molecule has 1 aliphatic rings. The SMILES string of the molecule is C=CCc1cccc([C@H]2Nc3ccc(I)cc3C(=O)N2NC(=O)c2ccccc2I)c1O. The first-order valence-electron chi connectivity index (χ1n) is 9.77. The lowest BCUT2D eigenvalue weighted by Crippen LogP contribution is -2.53. The molecule has 2 amide bonds. The van der Waals surface area contributed by atoms with E-state index in [2.05, 4.69) is 62.5 Å². The van der Waals surface area contributed by atoms with Crippen molar-refractivity contribution in [2.45, 2.75) is 12.6 Å². The topological polar surface area (TPSA) is 81.7 Å². The van der Waals surface area contributed by atoms with Crippen molar-refractivity contribution in [1.29, 1.82) is 0 Å². The summed E-state index contributed by atoms with van der Waals surface area (Å²) in [7, 11) is 0. The molecule has 8 heteroatoms. The summed E-state index contributed by atoms with van der Waals surface area (Å²) in [6.45, 7) is 3.74. The number of aromatic hydroxyl groups is 1. The molecule has 0 radical (unpaired) electrons. The van der Waals surface area contributed by atoms with Crippen molar-refractivity contribution in [3.05, 3.63) is 103 Å². The first-order chi connectivity index (χ1) is 15.4. The summed E-state index contributed by atoms with van der Waals surface area (Å²) < 4.78 is 1.66. The number of phenols is 1. The molecule has 1 aliphatic heterocycles. The largest absolute Gasteiger partial charge is 0.507 e. The number of para-hydroxylation sites is 1. The van der Waals surface area contributed by atoms with E-state index in [1.807, 2.05) is 30.3 Å². The third kappa shape index (κ3) is 4.33. The van der Waals surface area contributed by atoms with Crippen LogP contribution in [-0.2, 0) is 6.42 Å². The molecule has 0 unspecified atom stereocenters. The van der Waals surface area contributed by atoms with E-state index in [-0.39, 0.29) is 11.7 Å². The van der Waals surface area contributed by atoms with Crippen LogP contribution >= 0.6 is 45.2 Å². The van der Waals surface area contributed by atoms with Crippen LogP contribution in [0, 0.1) is 7.14 Å². The first kappa shape index (κ1) is 22.6. The Kier molecular flexibility index (Phi) is 6.70. The zero-order valence-corrected chi connectivity index (χ0v) is 21.1. The number of fused-ring (bicyclic) bond motifs is 1. The summed E-state index contributed by atoms with van der Waals surface area (Å²) in [6, 6.07) is 18.0. The van der Waals surface area contributed by atoms with Crippen LogP contribution in [-0.4, -0.2) is 21.9 Å². The highest BCUT2D eigenvalue weighted by atomic mass is 127. The average Bonchev–Trinajstić information content (AvgIpc) is 2.78. The van der Waals surface area contributed by atoms with E-state index >= 15 is 0 Å². The van der Waals surface area contributed by atoms with Crippen LogP contribution in [0.4, 0.5) is 5.69 Å². The molecule has 0 saturated heterocycles. The number of halogens is 2. The van der Waals surface area contributed by atoms with Crippen molar-refractivity contribution >= 4 is 62.7 Å². The fourth-order valence-electron chi connectivity index (χ4n) is 3.58. The Morgan fingerprint density at radius 3 is 2.69 bits per heavy atom. The summed E-state index contributed by atoms with van der Waals surface area (Å²) in [5, 5.41) is 15.5. The van der Waals surface area contributed by atoms with Gasteiger partial charge in [-0.3, -0.25) is 15.0 Å². The van der Waals surface area contributed by atoms with Gasteiger partial charge in [-0.2, -0.15) is 0 Å². The molecule has 0 aromatic heterocycles. The Hall–Kier alpha value is -2.60. The van der Waals surface area contributed by atoms with E-state index in [4.69, 9.17) is 0 Å². The number of carbonyl (C=O) groups excluding carboxylic acids is 2. The molecule has 3 N–H and O–H groups in total. The lowest BCUT2D eigenvalue weighted by Gasteiger charge is -2.38. The molecule has 0 aliphatic carbocycles. The van der Waals surface area contributed by atoms with Crippen LogP contribution < -0.4 is 10.7 Å². The molecule has 0 fully saturated rings. The maximum absolute atomic E-state index is 13.5. The Morgan fingerprint density at radius 2 is 1.94 bits per heavy atom. The third-order valence-electron chi connectivity index (χ3n) is 5.13. The number of amides is 2. The molecular weight excluding hydrogens is 632 g/mol. The van der Waals surface area contributed by atoms with Crippen LogP contribution in [0.5, 0.6) is 5.75 Å². The molecular formula is C24H19I2N3O3. The normalized spacial score (nSPS) is 15.0. The monoisotopic (exact) mass is 651 g/mol. The van der Waals surface area contributed by atoms with Crippen LogP contribution in [0.3, 0.4) is 0 Å². The zero-order chi connectivity index (χ0) is 22.8. The maximum Gasteiger partial charge on any atom is 0.276 e. The predicted octanol–water partition coefficient (Wildman–Crippen LogP) is 5.24. The molecule has 32 heavy (non-hydrogen) atoms. The lowest BCUT2D eigenvalue weighted by atomic mass is 10.0. The van der Waals surface area contributed by atoms with E-state index in [0.29, 0.717) is 34.4 Å². The highest BCUT2D eigenvalue weighted by Crippen LogP contribution is 2.37. The number of nitrogens with one attached hydrogen (secondary N) is 2. The van der Waals surface area contributed by atoms with Crippen molar-refractivity contribution < 1.29 is 14.7 Å². The predicted molar refractivity (Wildman–Crippen MR) is 140 cm³/mol. The minimum Gasteiger partial charge on any atom is -0.507 e. The number of anilines is 1. The highest BCUT2D eigenvalue weighted by Gasteiger charge is 2.36. The van der Waals surface area contributed by atoms with Gasteiger partial charge in [-0.05, 0) is 87.5 Å². The number of hydrogen-bond donors (Lipinski definition) is 3. The Balaban J connectivity index is 1.79. The first-order valence-corrected chi connectivity index (χ1v) is 11.9. The van der Waals surface area contributed by atoms with Gasteiger partial charge in [0.2, 0.25) is 0 Å². The summed E-state index contributed by atoms with van der Waals surface area (Å²) in [5.41, 5.74) is 5.45. The molecule has 1 atom stereocenters. The van der Waals surface area contributed by atoms with Crippen molar-refractivity contribution in [1.82, 2.24) is 10.4 Å². The molecule has 4 rings (SSSR count). The third-order valence-corrected chi connectivity index (χ3v) is 6.74. The number of carbonyl (C=O) groups is 2. The highest BCUT2D eigenvalue weighted by molar-refractivity contribution is 14.1. The number of phenolic OH excluding ortho intramolecular Hbond substituents is 1. The van der Waals surface area contributed by atoms with Crippen molar-refractivity contribution in [3.8, 4) is 5.75 Å². The fourth-order valence-corrected chi connectivity index (χ4v) is 4.70. The van der Waals surface area contributed by atoms with Gasteiger partial charge < -0.3 is 10.4 Å². The molecule has 0 saturated carbocycles. The van der Waals surface area contributed by atoms with Gasteiger partial charge in [0.25, 0.3) is 11.8 Å². The van der Waals surface area contributed by atoms with Crippen LogP contribution in [0.15, 0.2) is 73.3 Å². The molecule has 6 nitrogen and oxygen atoms in total. The van der Waals surface area contributed by atoms with E-state index in [1.165, 1.54) is 5.01 Å². The molecule has 3 aromatic carbocycles. The van der Waals surface area contributed by atoms with Crippen LogP contribution in [0.2, 0.25) is 0 Å². The number of nitrogens with zero attached hydrogens (tertiary/aromatic N) is 1. The smallest absolute Gasteiger partial charge is 0.276 e. The Morgan fingerprint density at radius 1 is 1.16 bits per heavy atom. The number of hydrazine groups is 1. The summed E-state index contributed by atoms with van der Waals surface area (Å²) in [6.07, 6.45) is 1.38. The molecule has 0 spiro atoms. The minimum atomic E-state index is -0.801. The maximum atomic E-state index is 13.5. The summed E-state index contributed by atoms with van der Waals surface area (Å²) >= 11 is 4.23. The average molecular weight is 651 g/mol. The molecule has 1 heterocycles. The second-order valence-corrected chi connectivity index (χ2v) is 9.59. The van der Waals surface area contributed by atoms with Gasteiger partial charge in [0.15, 0.2) is 6.17 Å².